The summed E-state index contributed by atoms with van der Waals surface area (Å²) < 4.78 is 0. The molecule has 1 saturated heterocycles. The molecule has 1 heterocycles. The van der Waals surface area contributed by atoms with Gasteiger partial charge in [0.25, 0.3) is 0 Å². The molecule has 1 aliphatic rings. The molecule has 2 N–H and O–H groups in total. The monoisotopic (exact) mass is 326 g/mol. The van der Waals surface area contributed by atoms with Crippen molar-refractivity contribution in [1.29, 1.82) is 0 Å². The van der Waals surface area contributed by atoms with Crippen molar-refractivity contribution in [2.24, 2.45) is 11.8 Å². The third kappa shape index (κ3) is 4.90. The van der Waals surface area contributed by atoms with Crippen molar-refractivity contribution in [2.45, 2.75) is 31.1 Å². The van der Waals surface area contributed by atoms with Crippen molar-refractivity contribution in [3.05, 3.63) is 23.2 Å². The number of benzene rings is 1. The lowest BCUT2D eigenvalue weighted by molar-refractivity contribution is -0.117. The average molecular weight is 327 g/mol. The molecule has 0 spiro atoms. The summed E-state index contributed by atoms with van der Waals surface area (Å²) in [6.45, 7) is 4.31. The molecule has 0 bridgehead atoms. The highest BCUT2D eigenvalue weighted by Gasteiger charge is 2.22. The second kappa shape index (κ2) is 8.06. The van der Waals surface area contributed by atoms with E-state index in [1.165, 1.54) is 12.8 Å². The third-order valence-electron chi connectivity index (χ3n) is 4.08. The third-order valence-corrected chi connectivity index (χ3v) is 5.30. The smallest absolute Gasteiger partial charge is 0.224 e. The van der Waals surface area contributed by atoms with Gasteiger partial charge in [0, 0.05) is 17.0 Å². The number of carbonyl (C=O) groups is 1. The van der Waals surface area contributed by atoms with E-state index in [0.717, 1.165) is 23.7 Å². The normalized spacial score (nSPS) is 20.0. The minimum atomic E-state index is 0.0704. The molecule has 3 nitrogen and oxygen atoms in total. The van der Waals surface area contributed by atoms with E-state index in [9.17, 15) is 4.79 Å². The summed E-state index contributed by atoms with van der Waals surface area (Å²) in [6.07, 6.45) is 4.98. The Morgan fingerprint density at radius 2 is 2.38 bits per heavy atom. The van der Waals surface area contributed by atoms with Crippen LogP contribution in [0.4, 0.5) is 5.69 Å². The van der Waals surface area contributed by atoms with Crippen molar-refractivity contribution in [2.75, 3.05) is 24.7 Å². The zero-order valence-corrected chi connectivity index (χ0v) is 14.2. The number of carbonyl (C=O) groups excluding carboxylic acids is 1. The molecular weight excluding hydrogens is 304 g/mol. The average Bonchev–Trinajstić information content (AvgIpc) is 2.48. The van der Waals surface area contributed by atoms with Crippen LogP contribution in [0.3, 0.4) is 0 Å². The first-order valence-corrected chi connectivity index (χ1v) is 9.04. The highest BCUT2D eigenvalue weighted by Crippen LogP contribution is 2.28. The Bertz CT molecular complexity index is 489. The van der Waals surface area contributed by atoms with Crippen LogP contribution >= 0.6 is 23.4 Å². The molecule has 0 aromatic heterocycles. The molecule has 2 atom stereocenters. The predicted octanol–water partition coefficient (Wildman–Crippen LogP) is 4.03. The van der Waals surface area contributed by atoms with Gasteiger partial charge in [-0.1, -0.05) is 18.5 Å². The molecule has 1 aliphatic heterocycles. The van der Waals surface area contributed by atoms with E-state index in [4.69, 9.17) is 11.6 Å². The zero-order chi connectivity index (χ0) is 15.2. The molecule has 1 aromatic carbocycles. The first-order chi connectivity index (χ1) is 10.1. The van der Waals surface area contributed by atoms with Crippen LogP contribution in [-0.2, 0) is 4.79 Å². The maximum atomic E-state index is 12.2. The van der Waals surface area contributed by atoms with Gasteiger partial charge in [0.1, 0.15) is 0 Å². The van der Waals surface area contributed by atoms with Crippen LogP contribution in [0.2, 0.25) is 5.02 Å². The van der Waals surface area contributed by atoms with Gasteiger partial charge in [0.05, 0.1) is 5.02 Å². The molecule has 1 amide bonds. The van der Waals surface area contributed by atoms with Gasteiger partial charge >= 0.3 is 0 Å². The summed E-state index contributed by atoms with van der Waals surface area (Å²) in [7, 11) is 0. The van der Waals surface area contributed by atoms with Gasteiger partial charge in [0.15, 0.2) is 0 Å². The zero-order valence-electron chi connectivity index (χ0n) is 12.6. The highest BCUT2D eigenvalue weighted by atomic mass is 35.5. The quantitative estimate of drug-likeness (QED) is 0.803. The van der Waals surface area contributed by atoms with E-state index in [2.05, 4.69) is 17.6 Å². The molecule has 0 aliphatic carbocycles. The Morgan fingerprint density at radius 1 is 1.57 bits per heavy atom. The van der Waals surface area contributed by atoms with Crippen LogP contribution < -0.4 is 10.6 Å². The van der Waals surface area contributed by atoms with E-state index in [1.54, 1.807) is 11.8 Å². The van der Waals surface area contributed by atoms with Crippen molar-refractivity contribution in [1.82, 2.24) is 5.32 Å². The molecule has 0 saturated carbocycles. The standard InChI is InChI=1S/C16H23ClN2OS/c1-11(12-4-3-7-18-10-12)8-16(20)19-13-5-6-15(21-2)14(17)9-13/h5-6,9,11-12,18H,3-4,7-8,10H2,1-2H3,(H,19,20). The number of nitrogens with one attached hydrogen (secondary N) is 2. The number of thioether (sulfide) groups is 1. The van der Waals surface area contributed by atoms with E-state index in [-0.39, 0.29) is 5.91 Å². The van der Waals surface area contributed by atoms with E-state index >= 15 is 0 Å². The maximum absolute atomic E-state index is 12.2. The first-order valence-electron chi connectivity index (χ1n) is 7.44. The van der Waals surface area contributed by atoms with Crippen LogP contribution in [0.15, 0.2) is 23.1 Å². The fourth-order valence-electron chi connectivity index (χ4n) is 2.78. The van der Waals surface area contributed by atoms with Crippen molar-refractivity contribution in [3.8, 4) is 0 Å². The van der Waals surface area contributed by atoms with E-state index < -0.39 is 0 Å². The summed E-state index contributed by atoms with van der Waals surface area (Å²) in [4.78, 5) is 13.2. The van der Waals surface area contributed by atoms with Crippen LogP contribution in [0.1, 0.15) is 26.2 Å². The van der Waals surface area contributed by atoms with E-state index in [0.29, 0.717) is 23.3 Å². The Labute approximate surface area is 136 Å². The summed E-state index contributed by atoms with van der Waals surface area (Å²) >= 11 is 7.76. The topological polar surface area (TPSA) is 41.1 Å². The number of amides is 1. The molecule has 2 rings (SSSR count). The lowest BCUT2D eigenvalue weighted by Crippen LogP contribution is -2.34. The minimum absolute atomic E-state index is 0.0704. The van der Waals surface area contributed by atoms with Crippen molar-refractivity contribution in [3.63, 3.8) is 0 Å². The number of piperidine rings is 1. The van der Waals surface area contributed by atoms with Crippen LogP contribution in [0, 0.1) is 11.8 Å². The molecule has 0 radical (unpaired) electrons. The van der Waals surface area contributed by atoms with Crippen LogP contribution in [0.25, 0.3) is 0 Å². The number of hydrogen-bond donors (Lipinski definition) is 2. The van der Waals surface area contributed by atoms with Gasteiger partial charge in [-0.15, -0.1) is 11.8 Å². The van der Waals surface area contributed by atoms with Crippen LogP contribution in [-0.4, -0.2) is 25.3 Å². The summed E-state index contributed by atoms with van der Waals surface area (Å²) in [5.41, 5.74) is 0.775. The molecule has 2 unspecified atom stereocenters. The Morgan fingerprint density at radius 3 is 3.00 bits per heavy atom. The van der Waals surface area contributed by atoms with Gasteiger partial charge in [-0.05, 0) is 62.2 Å². The number of anilines is 1. The van der Waals surface area contributed by atoms with Gasteiger partial charge < -0.3 is 10.6 Å². The second-order valence-electron chi connectivity index (χ2n) is 5.69. The lowest BCUT2D eigenvalue weighted by atomic mass is 9.85. The van der Waals surface area contributed by atoms with Crippen molar-refractivity contribution >= 4 is 35.0 Å². The molecule has 21 heavy (non-hydrogen) atoms. The molecule has 116 valence electrons. The van der Waals surface area contributed by atoms with Crippen molar-refractivity contribution < 1.29 is 4.79 Å². The van der Waals surface area contributed by atoms with Gasteiger partial charge in [-0.2, -0.15) is 0 Å². The predicted molar refractivity (Wildman–Crippen MR) is 91.2 cm³/mol. The van der Waals surface area contributed by atoms with Gasteiger partial charge in [0.2, 0.25) is 5.91 Å². The van der Waals surface area contributed by atoms with Gasteiger partial charge in [-0.25, -0.2) is 0 Å². The summed E-state index contributed by atoms with van der Waals surface area (Å²) in [5.74, 6) is 1.08. The van der Waals surface area contributed by atoms with Crippen LogP contribution in [0.5, 0.6) is 0 Å². The lowest BCUT2D eigenvalue weighted by Gasteiger charge is -2.28. The SMILES string of the molecule is CSc1ccc(NC(=O)CC(C)C2CCCNC2)cc1Cl. The largest absolute Gasteiger partial charge is 0.326 e. The summed E-state index contributed by atoms with van der Waals surface area (Å²) in [6, 6.07) is 5.66. The molecule has 1 aromatic rings. The Kier molecular flexibility index (Phi) is 6.40. The first kappa shape index (κ1) is 16.7. The Hall–Kier alpha value is -0.710. The minimum Gasteiger partial charge on any atom is -0.326 e. The maximum Gasteiger partial charge on any atom is 0.224 e. The number of hydrogen-bond acceptors (Lipinski definition) is 3. The second-order valence-corrected chi connectivity index (χ2v) is 6.94. The van der Waals surface area contributed by atoms with Gasteiger partial charge in [-0.3, -0.25) is 4.79 Å². The fraction of sp³-hybridized carbons (Fsp3) is 0.562. The van der Waals surface area contributed by atoms with E-state index in [1.807, 2.05) is 24.5 Å². The Balaban J connectivity index is 1.87. The highest BCUT2D eigenvalue weighted by molar-refractivity contribution is 7.98. The number of rotatable bonds is 5. The molecule has 1 fully saturated rings. The fourth-order valence-corrected chi connectivity index (χ4v) is 3.65. The summed E-state index contributed by atoms with van der Waals surface area (Å²) in [5, 5.41) is 7.04. The molecular formula is C16H23ClN2OS. The number of halogens is 1. The molecule has 5 heteroatoms.